The number of ether oxygens (including phenoxy) is 1. The maximum Gasteiger partial charge on any atom is 0.340 e. The number of hydrogen-bond donors (Lipinski definition) is 1. The SMILES string of the molecule is O=C(OCO)c1cccc2ccccc12. The lowest BCUT2D eigenvalue weighted by Crippen LogP contribution is -2.06. The minimum Gasteiger partial charge on any atom is -0.435 e. The van der Waals surface area contributed by atoms with Gasteiger partial charge in [0.05, 0.1) is 5.56 Å². The Morgan fingerprint density at radius 1 is 1.13 bits per heavy atom. The molecule has 0 aliphatic carbocycles. The third-order valence-electron chi connectivity index (χ3n) is 2.21. The zero-order chi connectivity index (χ0) is 10.7. The van der Waals surface area contributed by atoms with Gasteiger partial charge in [-0.15, -0.1) is 0 Å². The van der Waals surface area contributed by atoms with E-state index < -0.39 is 12.8 Å². The van der Waals surface area contributed by atoms with Gasteiger partial charge >= 0.3 is 5.97 Å². The van der Waals surface area contributed by atoms with Gasteiger partial charge in [0.25, 0.3) is 0 Å². The first-order valence-corrected chi connectivity index (χ1v) is 4.58. The largest absolute Gasteiger partial charge is 0.435 e. The number of rotatable bonds is 2. The standard InChI is InChI=1S/C12H10O3/c13-8-15-12(14)11-7-3-5-9-4-1-2-6-10(9)11/h1-7,13H,8H2. The lowest BCUT2D eigenvalue weighted by molar-refractivity contribution is 0.00705. The second kappa shape index (κ2) is 4.11. The Morgan fingerprint density at radius 2 is 1.87 bits per heavy atom. The lowest BCUT2D eigenvalue weighted by atomic mass is 10.1. The first-order chi connectivity index (χ1) is 7.33. The number of hydrogen-bond acceptors (Lipinski definition) is 3. The van der Waals surface area contributed by atoms with Crippen molar-refractivity contribution in [3.63, 3.8) is 0 Å². The number of carbonyl (C=O) groups excluding carboxylic acids is 1. The van der Waals surface area contributed by atoms with Crippen LogP contribution in [0.3, 0.4) is 0 Å². The van der Waals surface area contributed by atoms with Gasteiger partial charge in [0.1, 0.15) is 0 Å². The number of fused-ring (bicyclic) bond motifs is 1. The average molecular weight is 202 g/mol. The fourth-order valence-electron chi connectivity index (χ4n) is 1.54. The van der Waals surface area contributed by atoms with E-state index in [1.807, 2.05) is 30.3 Å². The third kappa shape index (κ3) is 1.82. The van der Waals surface area contributed by atoms with E-state index in [4.69, 9.17) is 5.11 Å². The van der Waals surface area contributed by atoms with E-state index in [1.165, 1.54) is 0 Å². The average Bonchev–Trinajstić information content (AvgIpc) is 2.28. The van der Waals surface area contributed by atoms with Gasteiger partial charge in [-0.2, -0.15) is 0 Å². The maximum absolute atomic E-state index is 11.5. The molecule has 3 nitrogen and oxygen atoms in total. The smallest absolute Gasteiger partial charge is 0.340 e. The Hall–Kier alpha value is -1.87. The molecule has 15 heavy (non-hydrogen) atoms. The predicted molar refractivity (Wildman–Crippen MR) is 56.4 cm³/mol. The topological polar surface area (TPSA) is 46.5 Å². The van der Waals surface area contributed by atoms with Crippen molar-refractivity contribution in [1.29, 1.82) is 0 Å². The molecule has 2 aromatic rings. The lowest BCUT2D eigenvalue weighted by Gasteiger charge is -2.04. The van der Waals surface area contributed by atoms with Crippen LogP contribution in [0.2, 0.25) is 0 Å². The number of carbonyl (C=O) groups is 1. The summed E-state index contributed by atoms with van der Waals surface area (Å²) in [4.78, 5) is 11.5. The Bertz CT molecular complexity index is 486. The van der Waals surface area contributed by atoms with E-state index in [2.05, 4.69) is 4.74 Å². The minimum absolute atomic E-state index is 0.474. The van der Waals surface area contributed by atoms with Crippen LogP contribution in [-0.4, -0.2) is 17.9 Å². The highest BCUT2D eigenvalue weighted by atomic mass is 16.6. The van der Waals surface area contributed by atoms with E-state index in [1.54, 1.807) is 12.1 Å². The number of aliphatic hydroxyl groups excluding tert-OH is 1. The summed E-state index contributed by atoms with van der Waals surface area (Å²) < 4.78 is 4.55. The molecule has 0 spiro atoms. The minimum atomic E-state index is -0.595. The van der Waals surface area contributed by atoms with Gasteiger partial charge in [-0.05, 0) is 16.8 Å². The predicted octanol–water partition coefficient (Wildman–Crippen LogP) is 1.95. The summed E-state index contributed by atoms with van der Waals surface area (Å²) in [6, 6.07) is 12.9. The van der Waals surface area contributed by atoms with Crippen molar-refractivity contribution < 1.29 is 14.6 Å². The molecule has 0 aromatic heterocycles. The molecule has 0 radical (unpaired) electrons. The normalized spacial score (nSPS) is 10.2. The fourth-order valence-corrected chi connectivity index (χ4v) is 1.54. The molecule has 0 aliphatic heterocycles. The van der Waals surface area contributed by atoms with Crippen LogP contribution < -0.4 is 0 Å². The van der Waals surface area contributed by atoms with Crippen LogP contribution in [0.15, 0.2) is 42.5 Å². The summed E-state index contributed by atoms with van der Waals surface area (Å²) in [6.07, 6.45) is 0. The molecule has 1 N–H and O–H groups in total. The van der Waals surface area contributed by atoms with Gasteiger partial charge in [-0.3, -0.25) is 0 Å². The molecule has 0 fully saturated rings. The Labute approximate surface area is 86.9 Å². The summed E-state index contributed by atoms with van der Waals surface area (Å²) in [7, 11) is 0. The molecule has 0 heterocycles. The molecule has 2 aromatic carbocycles. The molecule has 3 heteroatoms. The molecule has 76 valence electrons. The molecule has 0 saturated heterocycles. The quantitative estimate of drug-likeness (QED) is 0.598. The monoisotopic (exact) mass is 202 g/mol. The summed E-state index contributed by atoms with van der Waals surface area (Å²) in [5.41, 5.74) is 0.474. The first-order valence-electron chi connectivity index (χ1n) is 4.58. The van der Waals surface area contributed by atoms with Gasteiger partial charge in [0.2, 0.25) is 0 Å². The van der Waals surface area contributed by atoms with Crippen molar-refractivity contribution in [2.24, 2.45) is 0 Å². The van der Waals surface area contributed by atoms with Crippen molar-refractivity contribution in [3.8, 4) is 0 Å². The molecule has 0 bridgehead atoms. The Kier molecular flexibility index (Phi) is 2.65. The molecule has 0 aliphatic rings. The highest BCUT2D eigenvalue weighted by molar-refractivity contribution is 6.04. The third-order valence-corrected chi connectivity index (χ3v) is 2.21. The zero-order valence-electron chi connectivity index (χ0n) is 8.01. The zero-order valence-corrected chi connectivity index (χ0v) is 8.01. The van der Waals surface area contributed by atoms with Crippen molar-refractivity contribution >= 4 is 16.7 Å². The van der Waals surface area contributed by atoms with Crippen LogP contribution in [-0.2, 0) is 4.74 Å². The van der Waals surface area contributed by atoms with Crippen LogP contribution in [0.5, 0.6) is 0 Å². The highest BCUT2D eigenvalue weighted by Gasteiger charge is 2.09. The van der Waals surface area contributed by atoms with E-state index in [0.717, 1.165) is 10.8 Å². The fraction of sp³-hybridized carbons (Fsp3) is 0.0833. The second-order valence-electron chi connectivity index (χ2n) is 3.09. The highest BCUT2D eigenvalue weighted by Crippen LogP contribution is 2.18. The summed E-state index contributed by atoms with van der Waals surface area (Å²) in [5.74, 6) is -0.505. The van der Waals surface area contributed by atoms with Crippen molar-refractivity contribution in [2.75, 3.05) is 6.79 Å². The summed E-state index contributed by atoms with van der Waals surface area (Å²) in [5, 5.41) is 10.3. The van der Waals surface area contributed by atoms with Gasteiger partial charge < -0.3 is 9.84 Å². The molecule has 0 amide bonds. The molecular formula is C12H10O3. The number of benzene rings is 2. The van der Waals surface area contributed by atoms with Crippen molar-refractivity contribution in [3.05, 3.63) is 48.0 Å². The Morgan fingerprint density at radius 3 is 2.67 bits per heavy atom. The van der Waals surface area contributed by atoms with E-state index in [0.29, 0.717) is 5.56 Å². The van der Waals surface area contributed by atoms with Gasteiger partial charge in [-0.25, -0.2) is 4.79 Å². The van der Waals surface area contributed by atoms with Crippen LogP contribution >= 0.6 is 0 Å². The first kappa shape index (κ1) is 9.68. The maximum atomic E-state index is 11.5. The molecule has 0 saturated carbocycles. The molecule has 2 rings (SSSR count). The Balaban J connectivity index is 2.56. The molecule has 0 unspecified atom stereocenters. The van der Waals surface area contributed by atoms with Gasteiger partial charge in [0.15, 0.2) is 6.79 Å². The molecular weight excluding hydrogens is 192 g/mol. The van der Waals surface area contributed by atoms with Crippen molar-refractivity contribution in [2.45, 2.75) is 0 Å². The van der Waals surface area contributed by atoms with Crippen molar-refractivity contribution in [1.82, 2.24) is 0 Å². The summed E-state index contributed by atoms with van der Waals surface area (Å²) >= 11 is 0. The van der Waals surface area contributed by atoms with Crippen LogP contribution in [0.4, 0.5) is 0 Å². The van der Waals surface area contributed by atoms with E-state index in [9.17, 15) is 4.79 Å². The molecule has 0 atom stereocenters. The van der Waals surface area contributed by atoms with Gasteiger partial charge in [0, 0.05) is 0 Å². The van der Waals surface area contributed by atoms with E-state index >= 15 is 0 Å². The van der Waals surface area contributed by atoms with E-state index in [-0.39, 0.29) is 0 Å². The van der Waals surface area contributed by atoms with Crippen LogP contribution in [0.25, 0.3) is 10.8 Å². The van der Waals surface area contributed by atoms with Crippen LogP contribution in [0.1, 0.15) is 10.4 Å². The summed E-state index contributed by atoms with van der Waals surface area (Å²) in [6.45, 7) is -0.595. The van der Waals surface area contributed by atoms with Gasteiger partial charge in [-0.1, -0.05) is 36.4 Å². The number of esters is 1. The number of aliphatic hydroxyl groups is 1. The second-order valence-corrected chi connectivity index (χ2v) is 3.09. The van der Waals surface area contributed by atoms with Crippen LogP contribution in [0, 0.1) is 0 Å².